The van der Waals surface area contributed by atoms with Gasteiger partial charge in [0.2, 0.25) is 19.7 Å². The lowest BCUT2D eigenvalue weighted by Crippen LogP contribution is -2.26. The molecule has 0 heterocycles. The van der Waals surface area contributed by atoms with Gasteiger partial charge in [-0.05, 0) is 62.4 Å². The van der Waals surface area contributed by atoms with E-state index in [2.05, 4.69) is 10.5 Å². The Morgan fingerprint density at radius 1 is 0.719 bits per heavy atom. The van der Waals surface area contributed by atoms with Crippen molar-refractivity contribution in [2.45, 2.75) is 23.6 Å². The van der Waals surface area contributed by atoms with Gasteiger partial charge in [-0.25, -0.2) is 21.6 Å². The third-order valence-electron chi connectivity index (χ3n) is 4.53. The third-order valence-corrected chi connectivity index (χ3v) is 8.73. The molecular weight excluding hydrogens is 452 g/mol. The molecule has 2 N–H and O–H groups in total. The number of aromatic carboxylic acids is 1. The summed E-state index contributed by atoms with van der Waals surface area (Å²) >= 11 is 0. The molecule has 0 aromatic heterocycles. The Bertz CT molecular complexity index is 1300. The molecule has 0 fully saturated rings. The molecule has 10 heteroatoms. The second kappa shape index (κ2) is 8.93. The average Bonchev–Trinajstić information content (AvgIpc) is 2.74. The summed E-state index contributed by atoms with van der Waals surface area (Å²) in [5.74, 6) is -1.13. The van der Waals surface area contributed by atoms with Gasteiger partial charge in [-0.15, -0.1) is 0 Å². The molecule has 0 spiro atoms. The highest BCUT2D eigenvalue weighted by atomic mass is 32.3. The summed E-state index contributed by atoms with van der Waals surface area (Å²) in [6.07, 6.45) is 0. The van der Waals surface area contributed by atoms with Crippen LogP contribution >= 0.6 is 0 Å². The van der Waals surface area contributed by atoms with Crippen LogP contribution in [-0.4, -0.2) is 32.3 Å². The van der Waals surface area contributed by atoms with Gasteiger partial charge in [0.1, 0.15) is 0 Å². The SMILES string of the molecule is Cc1ccc(S(=O)(=O)C(=NNc2ccc(C(=O)O)cc2)S(=O)(=O)c2ccc(C)cc2)cc1. The van der Waals surface area contributed by atoms with E-state index in [1.807, 2.05) is 0 Å². The Labute approximate surface area is 186 Å². The summed E-state index contributed by atoms with van der Waals surface area (Å²) < 4.78 is 52.0. The molecule has 0 aliphatic carbocycles. The van der Waals surface area contributed by atoms with Crippen molar-refractivity contribution in [3.8, 4) is 0 Å². The molecular formula is C22H20N2O6S2. The topological polar surface area (TPSA) is 130 Å². The van der Waals surface area contributed by atoms with Crippen molar-refractivity contribution >= 4 is 35.7 Å². The number of carbonyl (C=O) groups is 1. The first kappa shape index (κ1) is 23.2. The van der Waals surface area contributed by atoms with Crippen molar-refractivity contribution < 1.29 is 26.7 Å². The number of hydrogen-bond donors (Lipinski definition) is 2. The van der Waals surface area contributed by atoms with E-state index in [1.54, 1.807) is 38.1 Å². The van der Waals surface area contributed by atoms with Gasteiger partial charge in [-0.2, -0.15) is 5.10 Å². The van der Waals surface area contributed by atoms with Gasteiger partial charge in [0.05, 0.1) is 21.0 Å². The Morgan fingerprint density at radius 2 is 1.12 bits per heavy atom. The van der Waals surface area contributed by atoms with E-state index in [9.17, 15) is 21.6 Å². The number of rotatable bonds is 5. The quantitative estimate of drug-likeness (QED) is 0.329. The van der Waals surface area contributed by atoms with Crippen LogP contribution in [0, 0.1) is 13.8 Å². The van der Waals surface area contributed by atoms with Gasteiger partial charge >= 0.3 is 5.97 Å². The van der Waals surface area contributed by atoms with Gasteiger partial charge in [0.25, 0.3) is 4.38 Å². The first-order chi connectivity index (χ1) is 15.0. The van der Waals surface area contributed by atoms with E-state index < -0.39 is 30.0 Å². The fourth-order valence-electron chi connectivity index (χ4n) is 2.70. The molecule has 0 bridgehead atoms. The number of hydrazone groups is 1. The molecule has 0 amide bonds. The standard InChI is InChI=1S/C22H20N2O6S2/c1-15-3-11-19(12-4-15)31(27,28)22(32(29,30)20-13-5-16(2)6-14-20)24-23-18-9-7-17(8-10-18)21(25)26/h3-14,23H,1-2H3,(H,25,26). The minimum Gasteiger partial charge on any atom is -0.478 e. The molecule has 3 rings (SSSR count). The van der Waals surface area contributed by atoms with E-state index in [0.717, 1.165) is 11.1 Å². The Morgan fingerprint density at radius 3 is 1.50 bits per heavy atom. The van der Waals surface area contributed by atoms with Crippen LogP contribution in [0.5, 0.6) is 0 Å². The van der Waals surface area contributed by atoms with Crippen molar-refractivity contribution in [3.63, 3.8) is 0 Å². The zero-order valence-corrected chi connectivity index (χ0v) is 18.8. The lowest BCUT2D eigenvalue weighted by atomic mass is 10.2. The lowest BCUT2D eigenvalue weighted by Gasteiger charge is -2.11. The molecule has 8 nitrogen and oxygen atoms in total. The maximum absolute atomic E-state index is 13.3. The van der Waals surface area contributed by atoms with Crippen LogP contribution in [0.15, 0.2) is 87.7 Å². The van der Waals surface area contributed by atoms with Crippen LogP contribution in [-0.2, 0) is 19.7 Å². The van der Waals surface area contributed by atoms with Crippen molar-refractivity contribution in [3.05, 3.63) is 89.5 Å². The third kappa shape index (κ3) is 4.87. The summed E-state index contributed by atoms with van der Waals surface area (Å²) in [4.78, 5) is 10.6. The van der Waals surface area contributed by atoms with Crippen LogP contribution in [0.25, 0.3) is 0 Å². The lowest BCUT2D eigenvalue weighted by molar-refractivity contribution is 0.0697. The molecule has 32 heavy (non-hydrogen) atoms. The highest BCUT2D eigenvalue weighted by Gasteiger charge is 2.36. The molecule has 3 aromatic rings. The maximum atomic E-state index is 13.3. The fraction of sp³-hybridized carbons (Fsp3) is 0.0909. The highest BCUT2D eigenvalue weighted by molar-refractivity contribution is 8.31. The largest absolute Gasteiger partial charge is 0.478 e. The number of carboxylic acids is 1. The van der Waals surface area contributed by atoms with Gasteiger partial charge < -0.3 is 5.11 Å². The van der Waals surface area contributed by atoms with E-state index in [-0.39, 0.29) is 21.0 Å². The molecule has 0 atom stereocenters. The van der Waals surface area contributed by atoms with Crippen LogP contribution in [0.3, 0.4) is 0 Å². The molecule has 166 valence electrons. The van der Waals surface area contributed by atoms with Gasteiger partial charge in [0, 0.05) is 0 Å². The number of nitrogens with one attached hydrogen (secondary N) is 1. The summed E-state index contributed by atoms with van der Waals surface area (Å²) in [7, 11) is -9.04. The minimum atomic E-state index is -4.52. The number of sulfone groups is 2. The molecule has 0 saturated heterocycles. The second-order valence-corrected chi connectivity index (χ2v) is 11.0. The molecule has 0 unspecified atom stereocenters. The predicted molar refractivity (Wildman–Crippen MR) is 121 cm³/mol. The van der Waals surface area contributed by atoms with Crippen molar-refractivity contribution in [1.29, 1.82) is 0 Å². The van der Waals surface area contributed by atoms with Crippen LogP contribution in [0.2, 0.25) is 0 Å². The normalized spacial score (nSPS) is 11.6. The molecule has 0 saturated carbocycles. The monoisotopic (exact) mass is 472 g/mol. The number of anilines is 1. The van der Waals surface area contributed by atoms with E-state index >= 15 is 0 Å². The van der Waals surface area contributed by atoms with Gasteiger partial charge in [-0.3, -0.25) is 5.43 Å². The number of carboxylic acid groups (broad SMARTS) is 1. The Kier molecular flexibility index (Phi) is 6.47. The zero-order valence-electron chi connectivity index (χ0n) is 17.2. The summed E-state index contributed by atoms with van der Waals surface area (Å²) in [6, 6.07) is 16.7. The van der Waals surface area contributed by atoms with Crippen LogP contribution in [0.1, 0.15) is 21.5 Å². The van der Waals surface area contributed by atoms with E-state index in [4.69, 9.17) is 5.11 Å². The highest BCUT2D eigenvalue weighted by Crippen LogP contribution is 2.23. The molecule has 0 aliphatic heterocycles. The van der Waals surface area contributed by atoms with Crippen LogP contribution in [0.4, 0.5) is 5.69 Å². The first-order valence-corrected chi connectivity index (χ1v) is 12.3. The van der Waals surface area contributed by atoms with Crippen molar-refractivity contribution in [2.24, 2.45) is 5.10 Å². The summed E-state index contributed by atoms with van der Waals surface area (Å²) in [5.41, 5.74) is 4.26. The summed E-state index contributed by atoms with van der Waals surface area (Å²) in [6.45, 7) is 3.55. The second-order valence-electron chi connectivity index (χ2n) is 7.00. The zero-order chi connectivity index (χ0) is 23.5. The van der Waals surface area contributed by atoms with Crippen molar-refractivity contribution in [2.75, 3.05) is 5.43 Å². The smallest absolute Gasteiger partial charge is 0.335 e. The van der Waals surface area contributed by atoms with Gasteiger partial charge in [0.15, 0.2) is 0 Å². The minimum absolute atomic E-state index is 0.0132. The van der Waals surface area contributed by atoms with Crippen LogP contribution < -0.4 is 5.43 Å². The number of nitrogens with zero attached hydrogens (tertiary/aromatic N) is 1. The first-order valence-electron chi connectivity index (χ1n) is 9.32. The van der Waals surface area contributed by atoms with Gasteiger partial charge in [-0.1, -0.05) is 35.4 Å². The van der Waals surface area contributed by atoms with E-state index in [1.165, 1.54) is 48.5 Å². The number of benzene rings is 3. The van der Waals surface area contributed by atoms with E-state index in [0.29, 0.717) is 0 Å². The average molecular weight is 473 g/mol. The molecule has 3 aromatic carbocycles. The fourth-order valence-corrected chi connectivity index (χ4v) is 6.16. The maximum Gasteiger partial charge on any atom is 0.335 e. The molecule has 0 radical (unpaired) electrons. The van der Waals surface area contributed by atoms with Crippen molar-refractivity contribution in [1.82, 2.24) is 0 Å². The predicted octanol–water partition coefficient (Wildman–Crippen LogP) is 3.63. The number of hydrogen-bond acceptors (Lipinski definition) is 7. The Balaban J connectivity index is 2.12. The Hall–Kier alpha value is -3.50. The summed E-state index contributed by atoms with van der Waals surface area (Å²) in [5, 5.41) is 12.7. The number of aryl methyl sites for hydroxylation is 2. The molecule has 0 aliphatic rings.